The standard InChI is InChI=1S/C16H17NO3/c1-20-16(19)10-9-15(18)17-11-13-7-4-6-12-5-2-3-8-14(12)13/h2-8H,9-11H2,1H3,(H,17,18). The van der Waals surface area contributed by atoms with Crippen LogP contribution in [0, 0.1) is 0 Å². The normalized spacial score (nSPS) is 10.2. The van der Waals surface area contributed by atoms with Gasteiger partial charge < -0.3 is 10.1 Å². The summed E-state index contributed by atoms with van der Waals surface area (Å²) in [6.07, 6.45) is 0.259. The molecule has 0 spiro atoms. The van der Waals surface area contributed by atoms with Crippen LogP contribution in [-0.2, 0) is 20.9 Å². The largest absolute Gasteiger partial charge is 0.469 e. The van der Waals surface area contributed by atoms with Crippen LogP contribution in [0.3, 0.4) is 0 Å². The molecule has 0 unspecified atom stereocenters. The molecule has 20 heavy (non-hydrogen) atoms. The van der Waals surface area contributed by atoms with Crippen molar-refractivity contribution in [3.63, 3.8) is 0 Å². The summed E-state index contributed by atoms with van der Waals surface area (Å²) in [5.41, 5.74) is 1.06. The third-order valence-corrected chi connectivity index (χ3v) is 3.14. The van der Waals surface area contributed by atoms with Crippen molar-refractivity contribution in [1.82, 2.24) is 5.32 Å². The minimum atomic E-state index is -0.370. The lowest BCUT2D eigenvalue weighted by Gasteiger charge is -2.08. The van der Waals surface area contributed by atoms with E-state index in [-0.39, 0.29) is 24.7 Å². The molecule has 2 aromatic rings. The molecule has 0 aliphatic carbocycles. The van der Waals surface area contributed by atoms with E-state index >= 15 is 0 Å². The fourth-order valence-corrected chi connectivity index (χ4v) is 2.05. The molecular weight excluding hydrogens is 254 g/mol. The predicted molar refractivity (Wildman–Crippen MR) is 77.0 cm³/mol. The van der Waals surface area contributed by atoms with Crippen molar-refractivity contribution in [2.75, 3.05) is 7.11 Å². The molecule has 1 N–H and O–H groups in total. The van der Waals surface area contributed by atoms with E-state index in [2.05, 4.69) is 10.1 Å². The minimum absolute atomic E-state index is 0.109. The lowest BCUT2D eigenvalue weighted by atomic mass is 10.0. The Hall–Kier alpha value is -2.36. The number of benzene rings is 2. The third kappa shape index (κ3) is 3.57. The van der Waals surface area contributed by atoms with Gasteiger partial charge in [0.1, 0.15) is 0 Å². The fourth-order valence-electron chi connectivity index (χ4n) is 2.05. The Labute approximate surface area is 117 Å². The number of ether oxygens (including phenoxy) is 1. The van der Waals surface area contributed by atoms with E-state index in [4.69, 9.17) is 0 Å². The number of carbonyl (C=O) groups excluding carboxylic acids is 2. The molecular formula is C16H17NO3. The summed E-state index contributed by atoms with van der Waals surface area (Å²) in [5, 5.41) is 5.10. The molecule has 4 heteroatoms. The average Bonchev–Trinajstić information content (AvgIpc) is 2.50. The van der Waals surface area contributed by atoms with Crippen molar-refractivity contribution in [3.05, 3.63) is 48.0 Å². The number of rotatable bonds is 5. The first-order valence-electron chi connectivity index (χ1n) is 6.51. The predicted octanol–water partition coefficient (Wildman–Crippen LogP) is 2.41. The first kappa shape index (κ1) is 14.1. The molecule has 0 aliphatic rings. The molecule has 0 saturated heterocycles. The Balaban J connectivity index is 1.96. The maximum Gasteiger partial charge on any atom is 0.306 e. The number of methoxy groups -OCH3 is 1. The van der Waals surface area contributed by atoms with Crippen molar-refractivity contribution in [3.8, 4) is 0 Å². The number of esters is 1. The Bertz CT molecular complexity index is 617. The number of fused-ring (bicyclic) bond motifs is 1. The Morgan fingerprint density at radius 2 is 1.80 bits per heavy atom. The smallest absolute Gasteiger partial charge is 0.306 e. The number of nitrogens with one attached hydrogen (secondary N) is 1. The van der Waals surface area contributed by atoms with Gasteiger partial charge in [-0.1, -0.05) is 42.5 Å². The van der Waals surface area contributed by atoms with E-state index in [0.29, 0.717) is 6.54 Å². The van der Waals surface area contributed by atoms with Crippen LogP contribution in [0.2, 0.25) is 0 Å². The summed E-state index contributed by atoms with van der Waals surface area (Å²) in [6, 6.07) is 14.0. The summed E-state index contributed by atoms with van der Waals surface area (Å²) in [4.78, 5) is 22.6. The zero-order chi connectivity index (χ0) is 14.4. The van der Waals surface area contributed by atoms with Crippen LogP contribution in [0.15, 0.2) is 42.5 Å². The topological polar surface area (TPSA) is 55.4 Å². The van der Waals surface area contributed by atoms with Crippen LogP contribution >= 0.6 is 0 Å². The highest BCUT2D eigenvalue weighted by atomic mass is 16.5. The molecule has 0 aromatic heterocycles. The second-order valence-corrected chi connectivity index (χ2v) is 4.49. The van der Waals surface area contributed by atoms with Crippen molar-refractivity contribution >= 4 is 22.6 Å². The van der Waals surface area contributed by atoms with Crippen molar-refractivity contribution < 1.29 is 14.3 Å². The molecule has 0 aliphatic heterocycles. The summed E-state index contributed by atoms with van der Waals surface area (Å²) in [7, 11) is 1.32. The lowest BCUT2D eigenvalue weighted by molar-refractivity contribution is -0.142. The van der Waals surface area contributed by atoms with E-state index in [1.165, 1.54) is 7.11 Å². The van der Waals surface area contributed by atoms with Crippen LogP contribution in [-0.4, -0.2) is 19.0 Å². The van der Waals surface area contributed by atoms with Crippen molar-refractivity contribution in [1.29, 1.82) is 0 Å². The molecule has 104 valence electrons. The van der Waals surface area contributed by atoms with E-state index in [0.717, 1.165) is 16.3 Å². The lowest BCUT2D eigenvalue weighted by Crippen LogP contribution is -2.23. The Kier molecular flexibility index (Phi) is 4.71. The molecule has 1 amide bonds. The molecule has 2 aromatic carbocycles. The van der Waals surface area contributed by atoms with Gasteiger partial charge in [0, 0.05) is 13.0 Å². The van der Waals surface area contributed by atoms with Gasteiger partial charge in [0.05, 0.1) is 13.5 Å². The number of amides is 1. The fraction of sp³-hybridized carbons (Fsp3) is 0.250. The SMILES string of the molecule is COC(=O)CCC(=O)NCc1cccc2ccccc12. The molecule has 0 fully saturated rings. The van der Waals surface area contributed by atoms with Gasteiger partial charge in [0.2, 0.25) is 5.91 Å². The third-order valence-electron chi connectivity index (χ3n) is 3.14. The quantitative estimate of drug-likeness (QED) is 0.850. The number of hydrogen-bond acceptors (Lipinski definition) is 3. The van der Waals surface area contributed by atoms with Crippen LogP contribution in [0.5, 0.6) is 0 Å². The minimum Gasteiger partial charge on any atom is -0.469 e. The number of hydrogen-bond donors (Lipinski definition) is 1. The van der Waals surface area contributed by atoms with Gasteiger partial charge in [-0.05, 0) is 16.3 Å². The maximum atomic E-state index is 11.7. The molecule has 0 atom stereocenters. The highest BCUT2D eigenvalue weighted by Crippen LogP contribution is 2.18. The van der Waals surface area contributed by atoms with Crippen LogP contribution in [0.4, 0.5) is 0 Å². The first-order chi connectivity index (χ1) is 9.70. The molecule has 4 nitrogen and oxygen atoms in total. The van der Waals surface area contributed by atoms with Gasteiger partial charge in [-0.15, -0.1) is 0 Å². The van der Waals surface area contributed by atoms with E-state index in [1.54, 1.807) is 0 Å². The van der Waals surface area contributed by atoms with Crippen LogP contribution in [0.1, 0.15) is 18.4 Å². The van der Waals surface area contributed by atoms with Gasteiger partial charge in [0.15, 0.2) is 0 Å². The van der Waals surface area contributed by atoms with Gasteiger partial charge in [-0.25, -0.2) is 0 Å². The van der Waals surface area contributed by atoms with Gasteiger partial charge in [-0.2, -0.15) is 0 Å². The van der Waals surface area contributed by atoms with Gasteiger partial charge in [0.25, 0.3) is 0 Å². The zero-order valence-electron chi connectivity index (χ0n) is 11.4. The molecule has 2 rings (SSSR count). The molecule has 0 bridgehead atoms. The summed E-state index contributed by atoms with van der Waals surface area (Å²) < 4.78 is 4.50. The first-order valence-corrected chi connectivity index (χ1v) is 6.51. The Morgan fingerprint density at radius 1 is 1.05 bits per heavy atom. The summed E-state index contributed by atoms with van der Waals surface area (Å²) >= 11 is 0. The van der Waals surface area contributed by atoms with Crippen molar-refractivity contribution in [2.24, 2.45) is 0 Å². The summed E-state index contributed by atoms with van der Waals surface area (Å²) in [6.45, 7) is 0.460. The molecule has 0 heterocycles. The highest BCUT2D eigenvalue weighted by Gasteiger charge is 2.07. The summed E-state index contributed by atoms with van der Waals surface area (Å²) in [5.74, 6) is -0.520. The van der Waals surface area contributed by atoms with Gasteiger partial charge in [-0.3, -0.25) is 9.59 Å². The monoisotopic (exact) mass is 271 g/mol. The second kappa shape index (κ2) is 6.70. The Morgan fingerprint density at radius 3 is 2.60 bits per heavy atom. The van der Waals surface area contributed by atoms with Crippen LogP contribution < -0.4 is 5.32 Å². The number of carbonyl (C=O) groups is 2. The van der Waals surface area contributed by atoms with Gasteiger partial charge >= 0.3 is 5.97 Å². The zero-order valence-corrected chi connectivity index (χ0v) is 11.4. The van der Waals surface area contributed by atoms with E-state index in [1.807, 2.05) is 42.5 Å². The second-order valence-electron chi connectivity index (χ2n) is 4.49. The van der Waals surface area contributed by atoms with Crippen LogP contribution in [0.25, 0.3) is 10.8 Å². The highest BCUT2D eigenvalue weighted by molar-refractivity contribution is 5.86. The van der Waals surface area contributed by atoms with Crippen molar-refractivity contribution in [2.45, 2.75) is 19.4 Å². The van der Waals surface area contributed by atoms with E-state index < -0.39 is 0 Å². The average molecular weight is 271 g/mol. The van der Waals surface area contributed by atoms with E-state index in [9.17, 15) is 9.59 Å². The maximum absolute atomic E-state index is 11.7. The molecule has 0 radical (unpaired) electrons. The molecule has 0 saturated carbocycles.